The summed E-state index contributed by atoms with van der Waals surface area (Å²) in [5.74, 6) is -5.24. The number of amides is 1. The van der Waals surface area contributed by atoms with Gasteiger partial charge in [-0.25, -0.2) is 4.79 Å². The van der Waals surface area contributed by atoms with Gasteiger partial charge >= 0.3 is 24.1 Å². The van der Waals surface area contributed by atoms with E-state index in [9.17, 15) is 32.7 Å². The Balaban J connectivity index is 0.000000980. The molecule has 1 amide bonds. The summed E-state index contributed by atoms with van der Waals surface area (Å²) in [6, 6.07) is 30.1. The molecule has 0 aliphatic heterocycles. The van der Waals surface area contributed by atoms with Crippen molar-refractivity contribution < 1.29 is 56.8 Å². The molecule has 0 aromatic heterocycles. The first-order chi connectivity index (χ1) is 25.4. The van der Waals surface area contributed by atoms with Gasteiger partial charge in [0, 0.05) is 25.7 Å². The zero-order chi connectivity index (χ0) is 38.5. The number of halogens is 3. The molecule has 53 heavy (non-hydrogen) atoms. The monoisotopic (exact) mass is 742 g/mol. The van der Waals surface area contributed by atoms with E-state index in [0.717, 1.165) is 55.8 Å². The van der Waals surface area contributed by atoms with Crippen molar-refractivity contribution in [1.82, 2.24) is 9.80 Å². The van der Waals surface area contributed by atoms with Crippen molar-refractivity contribution in [3.8, 4) is 0 Å². The molecular weight excluding hydrogens is 697 g/mol. The van der Waals surface area contributed by atoms with Gasteiger partial charge in [0.25, 0.3) is 0 Å². The number of benzene rings is 3. The van der Waals surface area contributed by atoms with Crippen LogP contribution in [0.15, 0.2) is 103 Å². The molecule has 1 fully saturated rings. The first kappa shape index (κ1) is 42.4. The molecule has 0 bridgehead atoms. The summed E-state index contributed by atoms with van der Waals surface area (Å²) in [5, 5.41) is 16.3. The summed E-state index contributed by atoms with van der Waals surface area (Å²) in [6.45, 7) is 2.43. The topological polar surface area (TPSA) is 143 Å². The number of carboxylic acids is 2. The third kappa shape index (κ3) is 17.8. The molecule has 0 radical (unpaired) electrons. The van der Waals surface area contributed by atoms with Gasteiger partial charge in [0.2, 0.25) is 5.91 Å². The highest BCUT2D eigenvalue weighted by atomic mass is 19.4. The Hall–Kier alpha value is -5.05. The van der Waals surface area contributed by atoms with Crippen LogP contribution in [0.25, 0.3) is 0 Å². The van der Waals surface area contributed by atoms with Gasteiger partial charge in [0.1, 0.15) is 19.7 Å². The van der Waals surface area contributed by atoms with Gasteiger partial charge < -0.3 is 29.3 Å². The number of carbonyl (C=O) groups excluding carboxylic acids is 2. The Labute approximate surface area is 306 Å². The van der Waals surface area contributed by atoms with Crippen molar-refractivity contribution in [3.05, 3.63) is 120 Å². The zero-order valence-electron chi connectivity index (χ0n) is 29.2. The highest BCUT2D eigenvalue weighted by Crippen LogP contribution is 2.24. The summed E-state index contributed by atoms with van der Waals surface area (Å²) in [5.41, 5.74) is 3.36. The predicted molar refractivity (Wildman–Crippen MR) is 188 cm³/mol. The summed E-state index contributed by atoms with van der Waals surface area (Å²) < 4.78 is 49.2. The number of esters is 1. The van der Waals surface area contributed by atoms with Gasteiger partial charge in [-0.15, -0.1) is 0 Å². The minimum absolute atomic E-state index is 0.0483. The fourth-order valence-corrected chi connectivity index (χ4v) is 5.37. The highest BCUT2D eigenvalue weighted by molar-refractivity contribution is 5.92. The van der Waals surface area contributed by atoms with Crippen molar-refractivity contribution >= 4 is 23.8 Å². The molecule has 2 N–H and O–H groups in total. The Morgan fingerprint density at radius 1 is 0.717 bits per heavy atom. The number of carbonyl (C=O) groups is 4. The van der Waals surface area contributed by atoms with Crippen LogP contribution in [0, 0.1) is 0 Å². The number of carboxylic acid groups (broad SMARTS) is 2. The van der Waals surface area contributed by atoms with Crippen LogP contribution < -0.4 is 0 Å². The third-order valence-electron chi connectivity index (χ3n) is 8.01. The summed E-state index contributed by atoms with van der Waals surface area (Å²) in [6.07, 6.45) is 1.52. The van der Waals surface area contributed by atoms with Gasteiger partial charge in [-0.2, -0.15) is 13.2 Å². The second kappa shape index (κ2) is 22.8. The van der Waals surface area contributed by atoms with Gasteiger partial charge in [0.05, 0.1) is 25.4 Å². The lowest BCUT2D eigenvalue weighted by atomic mass is 9.95. The van der Waals surface area contributed by atoms with Crippen LogP contribution >= 0.6 is 0 Å². The molecule has 286 valence electrons. The number of ether oxygens (including phenoxy) is 3. The number of hydrogen-bond donors (Lipinski definition) is 2. The first-order valence-corrected chi connectivity index (χ1v) is 17.1. The van der Waals surface area contributed by atoms with E-state index >= 15 is 0 Å². The molecule has 11 nitrogen and oxygen atoms in total. The maximum absolute atomic E-state index is 12.6. The number of nitrogens with zero attached hydrogens (tertiary/aromatic N) is 2. The van der Waals surface area contributed by atoms with Crippen LogP contribution in [-0.4, -0.2) is 95.1 Å². The predicted octanol–water partition coefficient (Wildman–Crippen LogP) is 5.88. The van der Waals surface area contributed by atoms with Gasteiger partial charge in [-0.1, -0.05) is 97.1 Å². The summed E-state index contributed by atoms with van der Waals surface area (Å²) in [4.78, 5) is 48.4. The van der Waals surface area contributed by atoms with E-state index < -0.39 is 43.1 Å². The Kier molecular flexibility index (Phi) is 18.2. The van der Waals surface area contributed by atoms with Crippen molar-refractivity contribution in [2.75, 3.05) is 32.8 Å². The fraction of sp³-hybridized carbons (Fsp3) is 0.385. The van der Waals surface area contributed by atoms with E-state index in [1.54, 1.807) is 6.08 Å². The van der Waals surface area contributed by atoms with Crippen LogP contribution in [0.2, 0.25) is 0 Å². The summed E-state index contributed by atoms with van der Waals surface area (Å²) >= 11 is 0. The van der Waals surface area contributed by atoms with E-state index in [1.165, 1.54) is 17.2 Å². The maximum atomic E-state index is 12.6. The van der Waals surface area contributed by atoms with Crippen molar-refractivity contribution in [2.24, 2.45) is 0 Å². The number of aliphatic carboxylic acids is 2. The molecule has 14 heteroatoms. The van der Waals surface area contributed by atoms with Crippen LogP contribution in [0.3, 0.4) is 0 Å². The standard InChI is InChI=1S/C37H44N2O7.C2HF3O2/c40-35(39(27-36(41)42)28-37(43)46-29-32-15-8-3-9-16-32)17-10-23-44-33-18-20-34(21-19-33)45-24-22-38(25-30-11-4-1-5-12-30)26-31-13-6-2-7-14-31;3-2(4,5)1(6)7/h1-17,33-34H,18-29H2,(H,41,42);(H,6,7)/b17-10+;. The molecule has 0 unspecified atom stereocenters. The minimum Gasteiger partial charge on any atom is -0.480 e. The molecule has 4 rings (SSSR count). The molecule has 0 atom stereocenters. The second-order valence-corrected chi connectivity index (χ2v) is 12.2. The average molecular weight is 743 g/mol. The molecule has 1 aliphatic rings. The number of alkyl halides is 3. The van der Waals surface area contributed by atoms with Crippen LogP contribution in [0.4, 0.5) is 13.2 Å². The van der Waals surface area contributed by atoms with Crippen molar-refractivity contribution in [1.29, 1.82) is 0 Å². The summed E-state index contributed by atoms with van der Waals surface area (Å²) in [7, 11) is 0. The van der Waals surface area contributed by atoms with Gasteiger partial charge in [-0.05, 0) is 42.4 Å². The fourth-order valence-electron chi connectivity index (χ4n) is 5.37. The Bertz CT molecular complexity index is 1530. The normalized spacial score (nSPS) is 15.7. The van der Waals surface area contributed by atoms with Crippen LogP contribution in [0.1, 0.15) is 42.4 Å². The maximum Gasteiger partial charge on any atom is 0.490 e. The van der Waals surface area contributed by atoms with E-state index in [-0.39, 0.29) is 25.4 Å². The lowest BCUT2D eigenvalue weighted by Crippen LogP contribution is -2.39. The smallest absolute Gasteiger partial charge is 0.480 e. The molecule has 1 saturated carbocycles. The molecule has 3 aromatic carbocycles. The number of hydrogen-bond acceptors (Lipinski definition) is 8. The van der Waals surface area contributed by atoms with Crippen LogP contribution in [0.5, 0.6) is 0 Å². The quantitative estimate of drug-likeness (QED) is 0.120. The first-order valence-electron chi connectivity index (χ1n) is 17.1. The third-order valence-corrected chi connectivity index (χ3v) is 8.01. The van der Waals surface area contributed by atoms with E-state index in [0.29, 0.717) is 6.61 Å². The van der Waals surface area contributed by atoms with E-state index in [4.69, 9.17) is 24.1 Å². The van der Waals surface area contributed by atoms with E-state index in [2.05, 4.69) is 53.4 Å². The van der Waals surface area contributed by atoms with E-state index in [1.807, 2.05) is 42.5 Å². The SMILES string of the molecule is O=C(O)C(F)(F)F.O=C(O)CN(CC(=O)OCc1ccccc1)C(=O)/C=C/COC1CCC(OCCN(Cc2ccccc2)Cc2ccccc2)CC1. The molecule has 0 heterocycles. The molecular formula is C39H45F3N2O9. The molecule has 1 aliphatic carbocycles. The van der Waals surface area contributed by atoms with Crippen molar-refractivity contribution in [2.45, 2.75) is 63.8 Å². The lowest BCUT2D eigenvalue weighted by molar-refractivity contribution is -0.192. The Morgan fingerprint density at radius 3 is 1.66 bits per heavy atom. The molecule has 3 aromatic rings. The van der Waals surface area contributed by atoms with Gasteiger partial charge in [-0.3, -0.25) is 19.3 Å². The molecule has 0 spiro atoms. The average Bonchev–Trinajstić information content (AvgIpc) is 3.13. The molecule has 0 saturated heterocycles. The van der Waals surface area contributed by atoms with Gasteiger partial charge in [0.15, 0.2) is 0 Å². The van der Waals surface area contributed by atoms with Crippen LogP contribution in [-0.2, 0) is 53.1 Å². The minimum atomic E-state index is -5.08. The largest absolute Gasteiger partial charge is 0.490 e. The second-order valence-electron chi connectivity index (χ2n) is 12.2. The Morgan fingerprint density at radius 2 is 1.19 bits per heavy atom. The van der Waals surface area contributed by atoms with Crippen molar-refractivity contribution in [3.63, 3.8) is 0 Å². The number of rotatable bonds is 18. The highest BCUT2D eigenvalue weighted by Gasteiger charge is 2.38. The lowest BCUT2D eigenvalue weighted by Gasteiger charge is -2.29. The zero-order valence-corrected chi connectivity index (χ0v) is 29.2.